The fourth-order valence-electron chi connectivity index (χ4n) is 2.58. The van der Waals surface area contributed by atoms with Gasteiger partial charge in [-0.25, -0.2) is 4.68 Å². The molecule has 11 heteroatoms. The average Bonchev–Trinajstić information content (AvgIpc) is 3.01. The molecule has 0 aliphatic heterocycles. The summed E-state index contributed by atoms with van der Waals surface area (Å²) < 4.78 is 40.1. The van der Waals surface area contributed by atoms with Gasteiger partial charge in [-0.1, -0.05) is 17.7 Å². The zero-order chi connectivity index (χ0) is 21.3. The first-order valence-corrected chi connectivity index (χ1v) is 8.43. The van der Waals surface area contributed by atoms with Gasteiger partial charge < -0.3 is 5.32 Å². The molecule has 1 aromatic heterocycles. The fraction of sp³-hybridized carbons (Fsp3) is 0.111. The summed E-state index contributed by atoms with van der Waals surface area (Å²) in [5.41, 5.74) is -0.632. The van der Waals surface area contributed by atoms with Crippen LogP contribution in [0.1, 0.15) is 21.6 Å². The predicted octanol–water partition coefficient (Wildman–Crippen LogP) is 5.01. The van der Waals surface area contributed by atoms with Crippen molar-refractivity contribution >= 4 is 29.0 Å². The molecule has 0 fully saturated rings. The van der Waals surface area contributed by atoms with Gasteiger partial charge >= 0.3 is 6.18 Å². The highest BCUT2D eigenvalue weighted by molar-refractivity contribution is 6.34. The number of alkyl halides is 3. The lowest BCUT2D eigenvalue weighted by molar-refractivity contribution is -0.384. The highest BCUT2D eigenvalue weighted by atomic mass is 35.5. The van der Waals surface area contributed by atoms with Crippen molar-refractivity contribution in [3.05, 3.63) is 80.5 Å². The van der Waals surface area contributed by atoms with E-state index in [0.29, 0.717) is 5.69 Å². The first-order valence-electron chi connectivity index (χ1n) is 8.06. The van der Waals surface area contributed by atoms with Gasteiger partial charge in [0.1, 0.15) is 5.82 Å². The molecule has 29 heavy (non-hydrogen) atoms. The molecule has 0 saturated carbocycles. The maximum Gasteiger partial charge on any atom is 0.416 e. The number of aryl methyl sites for hydroxylation is 1. The highest BCUT2D eigenvalue weighted by Crippen LogP contribution is 2.31. The second-order valence-electron chi connectivity index (χ2n) is 6.01. The number of non-ortho nitro benzene ring substituents is 1. The van der Waals surface area contributed by atoms with E-state index >= 15 is 0 Å². The molecule has 150 valence electrons. The molecule has 2 aromatic carbocycles. The third-order valence-corrected chi connectivity index (χ3v) is 4.21. The van der Waals surface area contributed by atoms with Crippen LogP contribution in [0.2, 0.25) is 5.02 Å². The Balaban J connectivity index is 1.94. The summed E-state index contributed by atoms with van der Waals surface area (Å²) in [6.07, 6.45) is -4.53. The summed E-state index contributed by atoms with van der Waals surface area (Å²) in [5, 5.41) is 17.3. The number of nitrogens with one attached hydrogen (secondary N) is 1. The smallest absolute Gasteiger partial charge is 0.306 e. The number of hydrogen-bond donors (Lipinski definition) is 1. The van der Waals surface area contributed by atoms with Gasteiger partial charge in [-0.05, 0) is 31.2 Å². The number of nitro benzene ring substituents is 1. The number of halogens is 4. The minimum Gasteiger partial charge on any atom is -0.306 e. The third-order valence-electron chi connectivity index (χ3n) is 3.90. The Bertz CT molecular complexity index is 1110. The lowest BCUT2D eigenvalue weighted by Crippen LogP contribution is -2.16. The molecular weight excluding hydrogens is 413 g/mol. The maximum atomic E-state index is 13.0. The lowest BCUT2D eigenvalue weighted by atomic mass is 10.2. The summed E-state index contributed by atoms with van der Waals surface area (Å²) in [5.74, 6) is -0.584. The number of hydrogen-bond acceptors (Lipinski definition) is 4. The van der Waals surface area contributed by atoms with Crippen LogP contribution in [0.4, 0.5) is 24.7 Å². The molecule has 0 aliphatic carbocycles. The molecule has 0 aliphatic rings. The zero-order valence-corrected chi connectivity index (χ0v) is 15.5. The number of amides is 1. The fourth-order valence-corrected chi connectivity index (χ4v) is 2.85. The van der Waals surface area contributed by atoms with Gasteiger partial charge in [0.25, 0.3) is 11.6 Å². The Morgan fingerprint density at radius 2 is 1.93 bits per heavy atom. The molecule has 0 bridgehead atoms. The van der Waals surface area contributed by atoms with Gasteiger partial charge in [-0.3, -0.25) is 14.9 Å². The Hall–Kier alpha value is -3.40. The van der Waals surface area contributed by atoms with Gasteiger partial charge in [0.2, 0.25) is 0 Å². The molecular formula is C18H12ClF3N4O3. The van der Waals surface area contributed by atoms with Crippen molar-refractivity contribution < 1.29 is 22.9 Å². The quantitative estimate of drug-likeness (QED) is 0.470. The topological polar surface area (TPSA) is 90.1 Å². The van der Waals surface area contributed by atoms with Crippen LogP contribution in [0.3, 0.4) is 0 Å². The van der Waals surface area contributed by atoms with Gasteiger partial charge in [0.05, 0.1) is 32.5 Å². The van der Waals surface area contributed by atoms with Crippen molar-refractivity contribution in [2.24, 2.45) is 0 Å². The number of carbonyl (C=O) groups excluding carboxylic acids is 1. The van der Waals surface area contributed by atoms with Crippen LogP contribution in [-0.4, -0.2) is 20.6 Å². The monoisotopic (exact) mass is 424 g/mol. The van der Waals surface area contributed by atoms with Crippen molar-refractivity contribution in [1.29, 1.82) is 0 Å². The van der Waals surface area contributed by atoms with Gasteiger partial charge in [0, 0.05) is 18.2 Å². The molecule has 0 atom stereocenters. The predicted molar refractivity (Wildman–Crippen MR) is 99.4 cm³/mol. The lowest BCUT2D eigenvalue weighted by Gasteiger charge is -2.12. The van der Waals surface area contributed by atoms with Crippen molar-refractivity contribution in [2.45, 2.75) is 13.1 Å². The van der Waals surface area contributed by atoms with E-state index < -0.39 is 22.6 Å². The Morgan fingerprint density at radius 1 is 1.21 bits per heavy atom. The maximum absolute atomic E-state index is 13.0. The molecule has 3 rings (SSSR count). The first kappa shape index (κ1) is 20.3. The minimum atomic E-state index is -4.53. The van der Waals surface area contributed by atoms with Gasteiger partial charge in [0.15, 0.2) is 0 Å². The number of rotatable bonds is 4. The van der Waals surface area contributed by atoms with Crippen LogP contribution in [0.15, 0.2) is 48.5 Å². The van der Waals surface area contributed by atoms with Crippen molar-refractivity contribution in [3.63, 3.8) is 0 Å². The number of aromatic nitrogens is 2. The summed E-state index contributed by atoms with van der Waals surface area (Å²) in [6, 6.07) is 9.28. The van der Waals surface area contributed by atoms with E-state index in [0.717, 1.165) is 28.9 Å². The molecule has 0 spiro atoms. The Morgan fingerprint density at radius 3 is 2.55 bits per heavy atom. The van der Waals surface area contributed by atoms with Gasteiger partial charge in [-0.15, -0.1) is 0 Å². The summed E-state index contributed by atoms with van der Waals surface area (Å²) in [6.45, 7) is 1.61. The number of anilines is 1. The number of benzene rings is 2. The Labute approximate surface area is 166 Å². The second-order valence-corrected chi connectivity index (χ2v) is 6.41. The molecule has 7 nitrogen and oxygen atoms in total. The van der Waals surface area contributed by atoms with Crippen molar-refractivity contribution in [3.8, 4) is 5.69 Å². The van der Waals surface area contributed by atoms with Gasteiger partial charge in [-0.2, -0.15) is 18.3 Å². The molecule has 1 heterocycles. The molecule has 0 unspecified atom stereocenters. The second kappa shape index (κ2) is 7.55. The average molecular weight is 425 g/mol. The molecule has 1 amide bonds. The summed E-state index contributed by atoms with van der Waals surface area (Å²) in [4.78, 5) is 22.7. The van der Waals surface area contributed by atoms with E-state index in [2.05, 4.69) is 10.4 Å². The van der Waals surface area contributed by atoms with Crippen LogP contribution in [-0.2, 0) is 6.18 Å². The Kier molecular flexibility index (Phi) is 5.29. The van der Waals surface area contributed by atoms with E-state index in [4.69, 9.17) is 11.6 Å². The van der Waals surface area contributed by atoms with Crippen LogP contribution in [0, 0.1) is 17.0 Å². The van der Waals surface area contributed by atoms with Crippen LogP contribution in [0.5, 0.6) is 0 Å². The highest BCUT2D eigenvalue weighted by Gasteiger charge is 2.30. The van der Waals surface area contributed by atoms with E-state index in [1.54, 1.807) is 6.92 Å². The van der Waals surface area contributed by atoms with Crippen LogP contribution >= 0.6 is 11.6 Å². The summed E-state index contributed by atoms with van der Waals surface area (Å²) >= 11 is 5.95. The minimum absolute atomic E-state index is 0.0355. The van der Waals surface area contributed by atoms with E-state index in [1.165, 1.54) is 24.3 Å². The van der Waals surface area contributed by atoms with Crippen molar-refractivity contribution in [1.82, 2.24) is 9.78 Å². The zero-order valence-electron chi connectivity index (χ0n) is 14.7. The molecule has 3 aromatic rings. The number of nitro groups is 1. The number of carbonyl (C=O) groups is 1. The van der Waals surface area contributed by atoms with Crippen molar-refractivity contribution in [2.75, 3.05) is 5.32 Å². The first-order chi connectivity index (χ1) is 13.6. The SMILES string of the molecule is Cc1cc(NC(=O)c2ccc([N+](=O)[O-])cc2Cl)n(-c2cccc(C(F)(F)F)c2)n1. The van der Waals surface area contributed by atoms with E-state index in [1.807, 2.05) is 0 Å². The van der Waals surface area contributed by atoms with Crippen LogP contribution < -0.4 is 5.32 Å². The number of nitrogens with zero attached hydrogens (tertiary/aromatic N) is 3. The largest absolute Gasteiger partial charge is 0.416 e. The normalized spacial score (nSPS) is 11.3. The van der Waals surface area contributed by atoms with Crippen LogP contribution in [0.25, 0.3) is 5.69 Å². The molecule has 1 N–H and O–H groups in total. The summed E-state index contributed by atoms with van der Waals surface area (Å²) in [7, 11) is 0. The molecule has 0 saturated heterocycles. The van der Waals surface area contributed by atoms with E-state index in [-0.39, 0.29) is 27.8 Å². The third kappa shape index (κ3) is 4.37. The van der Waals surface area contributed by atoms with E-state index in [9.17, 15) is 28.1 Å². The standard InChI is InChI=1S/C18H12ClF3N4O3/c1-10-7-16(23-17(27)14-6-5-13(26(28)29)9-15(14)19)25(24-10)12-4-2-3-11(8-12)18(20,21)22/h2-9H,1H3,(H,23,27). The molecule has 0 radical (unpaired) electrons.